The maximum Gasteiger partial charge on any atom is 0.224 e. The normalized spacial score (nSPS) is 35.9. The molecule has 0 aromatic rings. The van der Waals surface area contributed by atoms with E-state index in [4.69, 9.17) is 0 Å². The number of hydrogen-bond donors (Lipinski definition) is 2. The first-order valence-corrected chi connectivity index (χ1v) is 8.32. The molecule has 0 radical (unpaired) electrons. The predicted molar refractivity (Wildman–Crippen MR) is 74.8 cm³/mol. The predicted octanol–water partition coefficient (Wildman–Crippen LogP) is 0.292. The van der Waals surface area contributed by atoms with Crippen LogP contribution in [0.15, 0.2) is 0 Å². The second kappa shape index (κ2) is 5.80. The summed E-state index contributed by atoms with van der Waals surface area (Å²) < 4.78 is 0. The van der Waals surface area contributed by atoms with Gasteiger partial charge in [-0.05, 0) is 19.3 Å². The minimum atomic E-state index is 0.237. The lowest BCUT2D eigenvalue weighted by Crippen LogP contribution is -2.42. The maximum absolute atomic E-state index is 12.1. The SMILES string of the molecule is O=C(NCCN1CCSCC1)C1CC2CCC1N2. The maximum atomic E-state index is 12.1. The van der Waals surface area contributed by atoms with Crippen molar-refractivity contribution < 1.29 is 4.79 Å². The lowest BCUT2D eigenvalue weighted by Gasteiger charge is -2.26. The van der Waals surface area contributed by atoms with E-state index in [1.54, 1.807) is 0 Å². The van der Waals surface area contributed by atoms with Gasteiger partial charge in [-0.1, -0.05) is 0 Å². The molecule has 2 N–H and O–H groups in total. The molecular formula is C13H23N3OS. The van der Waals surface area contributed by atoms with E-state index in [0.717, 1.165) is 19.5 Å². The first-order valence-electron chi connectivity index (χ1n) is 7.17. The molecule has 4 nitrogen and oxygen atoms in total. The molecule has 3 unspecified atom stereocenters. The van der Waals surface area contributed by atoms with Crippen LogP contribution in [0.3, 0.4) is 0 Å². The quantitative estimate of drug-likeness (QED) is 0.770. The summed E-state index contributed by atoms with van der Waals surface area (Å²) in [7, 11) is 0. The minimum absolute atomic E-state index is 0.237. The Labute approximate surface area is 113 Å². The monoisotopic (exact) mass is 269 g/mol. The van der Waals surface area contributed by atoms with Crippen LogP contribution in [-0.4, -0.2) is 60.6 Å². The van der Waals surface area contributed by atoms with Crippen LogP contribution in [-0.2, 0) is 4.79 Å². The second-order valence-corrected chi connectivity index (χ2v) is 6.86. The van der Waals surface area contributed by atoms with E-state index in [0.29, 0.717) is 12.1 Å². The number of thioether (sulfide) groups is 1. The van der Waals surface area contributed by atoms with E-state index >= 15 is 0 Å². The molecule has 3 aliphatic heterocycles. The van der Waals surface area contributed by atoms with Crippen molar-refractivity contribution in [3.05, 3.63) is 0 Å². The van der Waals surface area contributed by atoms with Crippen molar-refractivity contribution in [1.29, 1.82) is 0 Å². The van der Waals surface area contributed by atoms with E-state index in [-0.39, 0.29) is 11.8 Å². The number of nitrogens with one attached hydrogen (secondary N) is 2. The Bertz CT molecular complexity index is 307. The second-order valence-electron chi connectivity index (χ2n) is 5.63. The van der Waals surface area contributed by atoms with Crippen molar-refractivity contribution in [3.8, 4) is 0 Å². The molecule has 3 rings (SSSR count). The van der Waals surface area contributed by atoms with Gasteiger partial charge in [0.05, 0.1) is 5.92 Å². The molecule has 1 amide bonds. The van der Waals surface area contributed by atoms with Crippen molar-refractivity contribution in [2.45, 2.75) is 31.3 Å². The fourth-order valence-electron chi connectivity index (χ4n) is 3.41. The number of carbonyl (C=O) groups excluding carboxylic acids is 1. The molecular weight excluding hydrogens is 246 g/mol. The molecule has 0 aromatic carbocycles. The van der Waals surface area contributed by atoms with Crippen molar-refractivity contribution in [2.75, 3.05) is 37.7 Å². The zero-order valence-corrected chi connectivity index (χ0v) is 11.7. The van der Waals surface area contributed by atoms with Crippen molar-refractivity contribution in [2.24, 2.45) is 5.92 Å². The Kier molecular flexibility index (Phi) is 4.11. The molecule has 0 saturated carbocycles. The summed E-state index contributed by atoms with van der Waals surface area (Å²) in [5.74, 6) is 3.00. The van der Waals surface area contributed by atoms with Crippen LogP contribution >= 0.6 is 11.8 Å². The average Bonchev–Trinajstić information content (AvgIpc) is 3.02. The molecule has 2 bridgehead atoms. The van der Waals surface area contributed by atoms with Gasteiger partial charge in [-0.2, -0.15) is 11.8 Å². The molecule has 0 aliphatic carbocycles. The van der Waals surface area contributed by atoms with Crippen molar-refractivity contribution in [3.63, 3.8) is 0 Å². The fraction of sp³-hybridized carbons (Fsp3) is 0.923. The largest absolute Gasteiger partial charge is 0.355 e. The molecule has 3 saturated heterocycles. The molecule has 3 fully saturated rings. The summed E-state index contributed by atoms with van der Waals surface area (Å²) in [4.78, 5) is 14.6. The Balaban J connectivity index is 1.36. The third kappa shape index (κ3) is 2.83. The molecule has 0 spiro atoms. The zero-order valence-electron chi connectivity index (χ0n) is 10.9. The lowest BCUT2D eigenvalue weighted by molar-refractivity contribution is -0.125. The highest BCUT2D eigenvalue weighted by atomic mass is 32.2. The Morgan fingerprint density at radius 2 is 2.17 bits per heavy atom. The number of rotatable bonds is 4. The summed E-state index contributed by atoms with van der Waals surface area (Å²) in [6.45, 7) is 4.18. The molecule has 102 valence electrons. The van der Waals surface area contributed by atoms with Gasteiger partial charge in [-0.25, -0.2) is 0 Å². The van der Waals surface area contributed by atoms with Gasteiger partial charge in [0.2, 0.25) is 5.91 Å². The van der Waals surface area contributed by atoms with Crippen LogP contribution in [0.1, 0.15) is 19.3 Å². The molecule has 3 atom stereocenters. The Morgan fingerprint density at radius 1 is 1.33 bits per heavy atom. The average molecular weight is 269 g/mol. The number of amides is 1. The molecule has 5 heteroatoms. The van der Waals surface area contributed by atoms with Crippen molar-refractivity contribution in [1.82, 2.24) is 15.5 Å². The van der Waals surface area contributed by atoms with E-state index in [1.807, 2.05) is 11.8 Å². The highest BCUT2D eigenvalue weighted by molar-refractivity contribution is 7.99. The third-order valence-electron chi connectivity index (χ3n) is 4.47. The lowest BCUT2D eigenvalue weighted by atomic mass is 9.88. The topological polar surface area (TPSA) is 44.4 Å². The van der Waals surface area contributed by atoms with Crippen LogP contribution in [0, 0.1) is 5.92 Å². The summed E-state index contributed by atoms with van der Waals surface area (Å²) >= 11 is 2.03. The summed E-state index contributed by atoms with van der Waals surface area (Å²) in [6, 6.07) is 1.08. The number of nitrogens with zero attached hydrogens (tertiary/aromatic N) is 1. The van der Waals surface area contributed by atoms with Gasteiger partial charge in [0.25, 0.3) is 0 Å². The molecule has 3 heterocycles. The van der Waals surface area contributed by atoms with E-state index < -0.39 is 0 Å². The number of carbonyl (C=O) groups is 1. The molecule has 0 aromatic heterocycles. The highest BCUT2D eigenvalue weighted by Crippen LogP contribution is 2.33. The van der Waals surface area contributed by atoms with Crippen LogP contribution in [0.4, 0.5) is 0 Å². The van der Waals surface area contributed by atoms with Gasteiger partial charge in [-0.3, -0.25) is 9.69 Å². The van der Waals surface area contributed by atoms with Gasteiger partial charge >= 0.3 is 0 Å². The minimum Gasteiger partial charge on any atom is -0.355 e. The zero-order chi connectivity index (χ0) is 12.4. The van der Waals surface area contributed by atoms with Gasteiger partial charge in [-0.15, -0.1) is 0 Å². The third-order valence-corrected chi connectivity index (χ3v) is 5.41. The highest BCUT2D eigenvalue weighted by Gasteiger charge is 2.42. The first kappa shape index (κ1) is 12.8. The van der Waals surface area contributed by atoms with Crippen LogP contribution in [0.5, 0.6) is 0 Å². The summed E-state index contributed by atoms with van der Waals surface area (Å²) in [5.41, 5.74) is 0. The van der Waals surface area contributed by atoms with E-state index in [9.17, 15) is 4.79 Å². The van der Waals surface area contributed by atoms with Crippen LogP contribution in [0.25, 0.3) is 0 Å². The van der Waals surface area contributed by atoms with E-state index in [1.165, 1.54) is 37.4 Å². The number of hydrogen-bond acceptors (Lipinski definition) is 4. The smallest absolute Gasteiger partial charge is 0.224 e. The molecule has 18 heavy (non-hydrogen) atoms. The summed E-state index contributed by atoms with van der Waals surface area (Å²) in [5, 5.41) is 6.65. The standard InChI is InChI=1S/C13H23N3OS/c17-13(11-9-10-1-2-12(11)15-10)14-3-4-16-5-7-18-8-6-16/h10-12,15H,1-9H2,(H,14,17). The fourth-order valence-corrected chi connectivity index (χ4v) is 4.39. The number of fused-ring (bicyclic) bond motifs is 2. The van der Waals surface area contributed by atoms with E-state index in [2.05, 4.69) is 15.5 Å². The van der Waals surface area contributed by atoms with Gasteiger partial charge < -0.3 is 10.6 Å². The summed E-state index contributed by atoms with van der Waals surface area (Å²) in [6.07, 6.45) is 3.50. The first-order chi connectivity index (χ1) is 8.83. The Hall–Kier alpha value is -0.260. The van der Waals surface area contributed by atoms with Crippen LogP contribution in [0.2, 0.25) is 0 Å². The van der Waals surface area contributed by atoms with Gasteiger partial charge in [0, 0.05) is 49.8 Å². The van der Waals surface area contributed by atoms with Crippen molar-refractivity contribution >= 4 is 17.7 Å². The van der Waals surface area contributed by atoms with Gasteiger partial charge in [0.1, 0.15) is 0 Å². The van der Waals surface area contributed by atoms with Crippen LogP contribution < -0.4 is 10.6 Å². The molecule has 3 aliphatic rings. The Morgan fingerprint density at radius 3 is 2.83 bits per heavy atom. The van der Waals surface area contributed by atoms with Gasteiger partial charge in [0.15, 0.2) is 0 Å².